The maximum absolute atomic E-state index is 14.2. The number of carbonyl (C=O) groups is 3. The van der Waals surface area contributed by atoms with Crippen LogP contribution in [0.15, 0.2) is 36.9 Å². The molecule has 1 aromatic rings. The SMILES string of the molecule is C=CCN(C(=O)[C@H]1N(CCCCCCO)C(=O)[C@@H]2[C@@H](C(=O)O)[C@@H]3O[C@@]21CC3Br)c1ccc(Cl)cc1. The Kier molecular flexibility index (Phi) is 7.90. The van der Waals surface area contributed by atoms with Crippen molar-refractivity contribution in [2.24, 2.45) is 11.8 Å². The van der Waals surface area contributed by atoms with Crippen molar-refractivity contribution in [1.29, 1.82) is 0 Å². The first-order valence-corrected chi connectivity index (χ1v) is 13.2. The minimum Gasteiger partial charge on any atom is -0.481 e. The van der Waals surface area contributed by atoms with E-state index in [0.29, 0.717) is 36.5 Å². The number of alkyl halides is 1. The van der Waals surface area contributed by atoms with Gasteiger partial charge < -0.3 is 24.7 Å². The summed E-state index contributed by atoms with van der Waals surface area (Å²) in [5.74, 6) is -3.69. The van der Waals surface area contributed by atoms with E-state index in [1.54, 1.807) is 35.2 Å². The smallest absolute Gasteiger partial charge is 0.310 e. The molecule has 0 saturated carbocycles. The van der Waals surface area contributed by atoms with E-state index in [-0.39, 0.29) is 29.8 Å². The van der Waals surface area contributed by atoms with Gasteiger partial charge >= 0.3 is 5.97 Å². The maximum atomic E-state index is 14.2. The number of likely N-dealkylation sites (tertiary alicyclic amines) is 1. The molecule has 10 heteroatoms. The molecule has 190 valence electrons. The summed E-state index contributed by atoms with van der Waals surface area (Å²) in [4.78, 5) is 42.9. The number of amides is 2. The van der Waals surface area contributed by atoms with Gasteiger partial charge in [0.05, 0.1) is 17.9 Å². The molecule has 0 radical (unpaired) electrons. The topological polar surface area (TPSA) is 107 Å². The summed E-state index contributed by atoms with van der Waals surface area (Å²) in [6.45, 7) is 4.42. The number of benzene rings is 1. The molecule has 1 aromatic carbocycles. The summed E-state index contributed by atoms with van der Waals surface area (Å²) < 4.78 is 6.31. The highest BCUT2D eigenvalue weighted by Crippen LogP contribution is 2.60. The van der Waals surface area contributed by atoms with Crippen molar-refractivity contribution in [2.45, 2.75) is 54.7 Å². The molecule has 3 heterocycles. The minimum absolute atomic E-state index is 0.106. The Hall–Kier alpha value is -1.94. The number of carboxylic acids is 1. The number of anilines is 1. The third-order valence-electron chi connectivity index (χ3n) is 7.33. The predicted molar refractivity (Wildman–Crippen MR) is 135 cm³/mol. The van der Waals surface area contributed by atoms with Crippen LogP contribution in [0.2, 0.25) is 5.02 Å². The Morgan fingerprint density at radius 2 is 1.94 bits per heavy atom. The van der Waals surface area contributed by atoms with E-state index in [9.17, 15) is 19.5 Å². The fraction of sp³-hybridized carbons (Fsp3) is 0.560. The van der Waals surface area contributed by atoms with Gasteiger partial charge in [0.1, 0.15) is 11.6 Å². The molecule has 6 atom stereocenters. The Balaban J connectivity index is 1.71. The number of aliphatic hydroxyl groups excluding tert-OH is 1. The Bertz CT molecular complexity index is 991. The van der Waals surface area contributed by atoms with Gasteiger partial charge in [-0.3, -0.25) is 14.4 Å². The molecule has 3 aliphatic rings. The summed E-state index contributed by atoms with van der Waals surface area (Å²) in [7, 11) is 0. The Morgan fingerprint density at radius 1 is 1.26 bits per heavy atom. The lowest BCUT2D eigenvalue weighted by atomic mass is 9.70. The molecule has 3 saturated heterocycles. The van der Waals surface area contributed by atoms with E-state index in [2.05, 4.69) is 22.5 Å². The van der Waals surface area contributed by atoms with Crippen molar-refractivity contribution in [3.05, 3.63) is 41.9 Å². The number of aliphatic hydroxyl groups is 1. The van der Waals surface area contributed by atoms with Crippen LogP contribution in [0.3, 0.4) is 0 Å². The zero-order chi connectivity index (χ0) is 25.3. The highest BCUT2D eigenvalue weighted by molar-refractivity contribution is 9.09. The van der Waals surface area contributed by atoms with Crippen LogP contribution in [0.5, 0.6) is 0 Å². The summed E-state index contributed by atoms with van der Waals surface area (Å²) in [5.41, 5.74) is -0.611. The van der Waals surface area contributed by atoms with Crippen LogP contribution in [0.25, 0.3) is 0 Å². The number of hydrogen-bond donors (Lipinski definition) is 2. The number of hydrogen-bond acceptors (Lipinski definition) is 5. The van der Waals surface area contributed by atoms with Crippen molar-refractivity contribution >= 4 is 51.0 Å². The fourth-order valence-corrected chi connectivity index (χ4v) is 6.97. The standard InChI is InChI=1S/C25H30BrClN2O6/c1-2-11-28(16-9-7-15(27)8-10-16)23(32)21-25-14-17(26)20(35-25)18(24(33)34)19(25)22(31)29(21)12-5-3-4-6-13-30/h2,7-10,17-21,30H,1,3-6,11-14H2,(H,33,34)/t17?,18-,19+,20-,21-,25+/m1/s1. The molecule has 1 spiro atoms. The number of aliphatic carboxylic acids is 1. The van der Waals surface area contributed by atoms with Gasteiger partial charge in [0.25, 0.3) is 5.91 Å². The Morgan fingerprint density at radius 3 is 2.57 bits per heavy atom. The summed E-state index contributed by atoms with van der Waals surface area (Å²) in [6.07, 6.45) is 4.20. The van der Waals surface area contributed by atoms with Gasteiger partial charge in [0.15, 0.2) is 0 Å². The molecule has 2 N–H and O–H groups in total. The van der Waals surface area contributed by atoms with E-state index in [0.717, 1.165) is 12.8 Å². The third-order valence-corrected chi connectivity index (χ3v) is 8.43. The number of rotatable bonds is 11. The van der Waals surface area contributed by atoms with E-state index >= 15 is 0 Å². The van der Waals surface area contributed by atoms with Gasteiger partial charge in [0.2, 0.25) is 5.91 Å². The van der Waals surface area contributed by atoms with Gasteiger partial charge in [-0.1, -0.05) is 46.4 Å². The van der Waals surface area contributed by atoms with Crippen molar-refractivity contribution < 1.29 is 29.3 Å². The molecule has 2 bridgehead atoms. The van der Waals surface area contributed by atoms with Crippen LogP contribution < -0.4 is 4.90 Å². The van der Waals surface area contributed by atoms with Crippen LogP contribution in [0, 0.1) is 11.8 Å². The monoisotopic (exact) mass is 568 g/mol. The van der Waals surface area contributed by atoms with E-state index in [1.807, 2.05) is 0 Å². The van der Waals surface area contributed by atoms with Gasteiger partial charge in [-0.25, -0.2) is 0 Å². The number of nitrogens with zero attached hydrogens (tertiary/aromatic N) is 2. The van der Waals surface area contributed by atoms with E-state index < -0.39 is 35.6 Å². The van der Waals surface area contributed by atoms with Gasteiger partial charge in [-0.15, -0.1) is 6.58 Å². The van der Waals surface area contributed by atoms with Gasteiger partial charge in [-0.2, -0.15) is 0 Å². The number of fused-ring (bicyclic) bond motifs is 1. The van der Waals surface area contributed by atoms with Crippen molar-refractivity contribution in [3.63, 3.8) is 0 Å². The second-order valence-corrected chi connectivity index (χ2v) is 11.0. The quantitative estimate of drug-likeness (QED) is 0.241. The lowest BCUT2D eigenvalue weighted by Gasteiger charge is -2.37. The first kappa shape index (κ1) is 26.1. The number of halogens is 2. The van der Waals surface area contributed by atoms with Gasteiger partial charge in [-0.05, 0) is 43.5 Å². The van der Waals surface area contributed by atoms with Crippen molar-refractivity contribution in [3.8, 4) is 0 Å². The van der Waals surface area contributed by atoms with Crippen LogP contribution in [-0.2, 0) is 19.1 Å². The van der Waals surface area contributed by atoms with E-state index in [4.69, 9.17) is 21.4 Å². The largest absolute Gasteiger partial charge is 0.481 e. The first-order valence-electron chi connectivity index (χ1n) is 11.9. The highest BCUT2D eigenvalue weighted by atomic mass is 79.9. The number of carbonyl (C=O) groups excluding carboxylic acids is 2. The normalized spacial score (nSPS) is 31.0. The average Bonchev–Trinajstić information content (AvgIpc) is 3.41. The van der Waals surface area contributed by atoms with Crippen LogP contribution in [0.1, 0.15) is 32.1 Å². The van der Waals surface area contributed by atoms with Crippen LogP contribution in [-0.4, -0.2) is 75.2 Å². The molecule has 0 aliphatic carbocycles. The predicted octanol–water partition coefficient (Wildman–Crippen LogP) is 3.24. The third kappa shape index (κ3) is 4.52. The molecular formula is C25H30BrClN2O6. The maximum Gasteiger partial charge on any atom is 0.310 e. The number of unbranched alkanes of at least 4 members (excludes halogenated alkanes) is 3. The van der Waals surface area contributed by atoms with Crippen LogP contribution in [0.4, 0.5) is 5.69 Å². The zero-order valence-electron chi connectivity index (χ0n) is 19.3. The van der Waals surface area contributed by atoms with Crippen molar-refractivity contribution in [1.82, 2.24) is 4.90 Å². The lowest BCUT2D eigenvalue weighted by molar-refractivity contribution is -0.149. The lowest BCUT2D eigenvalue weighted by Crippen LogP contribution is -2.57. The summed E-state index contributed by atoms with van der Waals surface area (Å²) in [6, 6.07) is 5.88. The average molecular weight is 570 g/mol. The second kappa shape index (κ2) is 10.6. The number of ether oxygens (including phenoxy) is 1. The summed E-state index contributed by atoms with van der Waals surface area (Å²) >= 11 is 9.60. The van der Waals surface area contributed by atoms with Crippen molar-refractivity contribution in [2.75, 3.05) is 24.6 Å². The molecule has 2 amide bonds. The molecule has 1 unspecified atom stereocenters. The molecule has 0 aromatic heterocycles. The Labute approximate surface area is 218 Å². The molecule has 3 aliphatic heterocycles. The zero-order valence-corrected chi connectivity index (χ0v) is 21.7. The van der Waals surface area contributed by atoms with Crippen LogP contribution >= 0.6 is 27.5 Å². The highest BCUT2D eigenvalue weighted by Gasteiger charge is 2.76. The molecule has 3 fully saturated rings. The first-order chi connectivity index (χ1) is 16.8. The molecular weight excluding hydrogens is 540 g/mol. The van der Waals surface area contributed by atoms with E-state index in [1.165, 1.54) is 4.90 Å². The number of carboxylic acid groups (broad SMARTS) is 1. The molecule has 35 heavy (non-hydrogen) atoms. The molecule has 4 rings (SSSR count). The second-order valence-electron chi connectivity index (χ2n) is 9.39. The fourth-order valence-electron chi connectivity index (χ4n) is 5.90. The van der Waals surface area contributed by atoms with Gasteiger partial charge in [0, 0.05) is 35.2 Å². The summed E-state index contributed by atoms with van der Waals surface area (Å²) in [5, 5.41) is 19.6. The minimum atomic E-state index is -1.22. The molecule has 8 nitrogen and oxygen atoms in total.